The van der Waals surface area contributed by atoms with Crippen LogP contribution in [0.4, 0.5) is 5.69 Å². The second-order valence-electron chi connectivity index (χ2n) is 6.21. The lowest BCUT2D eigenvalue weighted by molar-refractivity contribution is 0.102. The first-order valence-electron chi connectivity index (χ1n) is 7.55. The van der Waals surface area contributed by atoms with E-state index in [4.69, 9.17) is 0 Å². The van der Waals surface area contributed by atoms with Gasteiger partial charge in [0.05, 0.1) is 5.56 Å². The number of carbonyl (C=O) groups excluding carboxylic acids is 1. The number of rotatable bonds is 4. The molecule has 3 heteroatoms. The normalized spacial score (nSPS) is 11.3. The Morgan fingerprint density at radius 2 is 1.68 bits per heavy atom. The summed E-state index contributed by atoms with van der Waals surface area (Å²) in [6, 6.07) is 15.8. The Kier molecular flexibility index (Phi) is 5.30. The van der Waals surface area contributed by atoms with Crippen LogP contribution in [0.25, 0.3) is 0 Å². The number of anilines is 1. The van der Waals surface area contributed by atoms with Crippen molar-refractivity contribution in [3.05, 3.63) is 59.7 Å². The zero-order chi connectivity index (χ0) is 16.2. The summed E-state index contributed by atoms with van der Waals surface area (Å²) in [4.78, 5) is 13.5. The van der Waals surface area contributed by atoms with Gasteiger partial charge >= 0.3 is 0 Å². The van der Waals surface area contributed by atoms with Crippen LogP contribution in [0.5, 0.6) is 0 Å². The van der Waals surface area contributed by atoms with Gasteiger partial charge in [0.25, 0.3) is 5.91 Å². The summed E-state index contributed by atoms with van der Waals surface area (Å²) in [5.74, 6) is 0.893. The molecule has 2 aromatic rings. The van der Waals surface area contributed by atoms with Gasteiger partial charge < -0.3 is 5.32 Å². The second-order valence-corrected chi connectivity index (χ2v) is 7.52. The van der Waals surface area contributed by atoms with E-state index in [1.807, 2.05) is 36.4 Å². The highest BCUT2D eigenvalue weighted by Crippen LogP contribution is 2.25. The highest BCUT2D eigenvalue weighted by atomic mass is 32.2. The van der Waals surface area contributed by atoms with Crippen LogP contribution < -0.4 is 5.32 Å². The molecule has 2 nitrogen and oxygen atoms in total. The molecule has 0 aliphatic rings. The smallest absolute Gasteiger partial charge is 0.256 e. The fraction of sp³-hybridized carbons (Fsp3) is 0.316. The first kappa shape index (κ1) is 16.6. The summed E-state index contributed by atoms with van der Waals surface area (Å²) in [5.41, 5.74) is 2.93. The highest BCUT2D eigenvalue weighted by molar-refractivity contribution is 7.99. The fourth-order valence-electron chi connectivity index (χ4n) is 2.19. The van der Waals surface area contributed by atoms with Crippen LogP contribution in [0.1, 0.15) is 43.6 Å². The van der Waals surface area contributed by atoms with E-state index in [-0.39, 0.29) is 11.3 Å². The summed E-state index contributed by atoms with van der Waals surface area (Å²) in [5, 5.41) is 2.98. The van der Waals surface area contributed by atoms with Gasteiger partial charge in [-0.25, -0.2) is 0 Å². The van der Waals surface area contributed by atoms with Crippen molar-refractivity contribution in [1.82, 2.24) is 0 Å². The van der Waals surface area contributed by atoms with Crippen molar-refractivity contribution >= 4 is 23.4 Å². The third kappa shape index (κ3) is 4.14. The van der Waals surface area contributed by atoms with Gasteiger partial charge in [0.1, 0.15) is 0 Å². The molecular formula is C19H23NOS. The molecular weight excluding hydrogens is 290 g/mol. The van der Waals surface area contributed by atoms with Gasteiger partial charge in [-0.3, -0.25) is 4.79 Å². The maximum atomic E-state index is 12.5. The van der Waals surface area contributed by atoms with E-state index < -0.39 is 0 Å². The first-order chi connectivity index (χ1) is 10.4. The molecule has 0 saturated carbocycles. The maximum absolute atomic E-state index is 12.5. The predicted octanol–water partition coefficient (Wildman–Crippen LogP) is 5.35. The zero-order valence-electron chi connectivity index (χ0n) is 13.6. The Labute approximate surface area is 137 Å². The Bertz CT molecular complexity index is 641. The van der Waals surface area contributed by atoms with E-state index in [1.54, 1.807) is 11.8 Å². The van der Waals surface area contributed by atoms with Crippen molar-refractivity contribution in [2.45, 2.75) is 38.0 Å². The third-order valence-corrected chi connectivity index (χ3v) is 4.40. The van der Waals surface area contributed by atoms with E-state index in [0.717, 1.165) is 21.9 Å². The molecule has 0 aliphatic heterocycles. The van der Waals surface area contributed by atoms with E-state index in [9.17, 15) is 4.79 Å². The van der Waals surface area contributed by atoms with Crippen LogP contribution in [-0.2, 0) is 5.41 Å². The van der Waals surface area contributed by atoms with Crippen molar-refractivity contribution in [1.29, 1.82) is 0 Å². The fourth-order valence-corrected chi connectivity index (χ4v) is 2.99. The van der Waals surface area contributed by atoms with Crippen LogP contribution in [0.2, 0.25) is 0 Å². The average Bonchev–Trinajstić information content (AvgIpc) is 2.47. The quantitative estimate of drug-likeness (QED) is 0.771. The lowest BCUT2D eigenvalue weighted by Gasteiger charge is -2.19. The lowest BCUT2D eigenvalue weighted by Crippen LogP contribution is -2.14. The molecule has 0 unspecified atom stereocenters. The van der Waals surface area contributed by atoms with Crippen LogP contribution in [0, 0.1) is 0 Å². The monoisotopic (exact) mass is 313 g/mol. The lowest BCUT2D eigenvalue weighted by atomic mass is 9.87. The average molecular weight is 313 g/mol. The van der Waals surface area contributed by atoms with Crippen molar-refractivity contribution in [2.24, 2.45) is 0 Å². The molecule has 0 spiro atoms. The molecule has 1 N–H and O–H groups in total. The largest absolute Gasteiger partial charge is 0.322 e. The van der Waals surface area contributed by atoms with Gasteiger partial charge in [-0.15, -0.1) is 11.8 Å². The Hall–Kier alpha value is -1.74. The Morgan fingerprint density at radius 3 is 2.27 bits per heavy atom. The molecule has 0 saturated heterocycles. The standard InChI is InChI=1S/C19H23NOS/c1-5-22-17-9-7-6-8-16(17)18(21)20-15-12-10-14(11-13-15)19(2,3)4/h6-13H,5H2,1-4H3,(H,20,21). The topological polar surface area (TPSA) is 29.1 Å². The number of amides is 1. The van der Waals surface area contributed by atoms with Gasteiger partial charge in [-0.05, 0) is 41.0 Å². The molecule has 0 atom stereocenters. The van der Waals surface area contributed by atoms with Crippen molar-refractivity contribution in [3.8, 4) is 0 Å². The number of carbonyl (C=O) groups is 1. The van der Waals surface area contributed by atoms with E-state index >= 15 is 0 Å². The van der Waals surface area contributed by atoms with Crippen LogP contribution in [0.3, 0.4) is 0 Å². The van der Waals surface area contributed by atoms with Gasteiger partial charge in [-0.1, -0.05) is 52.0 Å². The van der Waals surface area contributed by atoms with Crippen molar-refractivity contribution in [2.75, 3.05) is 11.1 Å². The van der Waals surface area contributed by atoms with Crippen LogP contribution >= 0.6 is 11.8 Å². The molecule has 0 bridgehead atoms. The second kappa shape index (κ2) is 7.01. The third-order valence-electron chi connectivity index (χ3n) is 3.44. The van der Waals surface area contributed by atoms with Gasteiger partial charge in [0.2, 0.25) is 0 Å². The van der Waals surface area contributed by atoms with E-state index in [1.165, 1.54) is 5.56 Å². The number of benzene rings is 2. The summed E-state index contributed by atoms with van der Waals surface area (Å²) >= 11 is 1.69. The number of hydrogen-bond donors (Lipinski definition) is 1. The Morgan fingerprint density at radius 1 is 1.05 bits per heavy atom. The minimum atomic E-state index is -0.0555. The molecule has 0 heterocycles. The maximum Gasteiger partial charge on any atom is 0.256 e. The SMILES string of the molecule is CCSc1ccccc1C(=O)Nc1ccc(C(C)(C)C)cc1. The summed E-state index contributed by atoms with van der Waals surface area (Å²) < 4.78 is 0. The van der Waals surface area contributed by atoms with Gasteiger partial charge in [0, 0.05) is 10.6 Å². The van der Waals surface area contributed by atoms with Gasteiger partial charge in [0.15, 0.2) is 0 Å². The van der Waals surface area contributed by atoms with Crippen LogP contribution in [-0.4, -0.2) is 11.7 Å². The molecule has 22 heavy (non-hydrogen) atoms. The number of thioether (sulfide) groups is 1. The summed E-state index contributed by atoms with van der Waals surface area (Å²) in [6.07, 6.45) is 0. The molecule has 2 rings (SSSR count). The highest BCUT2D eigenvalue weighted by Gasteiger charge is 2.14. The van der Waals surface area contributed by atoms with Gasteiger partial charge in [-0.2, -0.15) is 0 Å². The van der Waals surface area contributed by atoms with Crippen molar-refractivity contribution < 1.29 is 4.79 Å². The molecule has 1 amide bonds. The van der Waals surface area contributed by atoms with E-state index in [0.29, 0.717) is 0 Å². The molecule has 0 fully saturated rings. The molecule has 116 valence electrons. The molecule has 0 aliphatic carbocycles. The van der Waals surface area contributed by atoms with Crippen LogP contribution in [0.15, 0.2) is 53.4 Å². The number of nitrogens with one attached hydrogen (secondary N) is 1. The summed E-state index contributed by atoms with van der Waals surface area (Å²) in [6.45, 7) is 8.63. The Balaban J connectivity index is 2.16. The number of hydrogen-bond acceptors (Lipinski definition) is 2. The van der Waals surface area contributed by atoms with Crippen molar-refractivity contribution in [3.63, 3.8) is 0 Å². The minimum absolute atomic E-state index is 0.0555. The summed E-state index contributed by atoms with van der Waals surface area (Å²) in [7, 11) is 0. The first-order valence-corrected chi connectivity index (χ1v) is 8.54. The molecule has 2 aromatic carbocycles. The predicted molar refractivity (Wildman–Crippen MR) is 95.9 cm³/mol. The molecule has 0 aromatic heterocycles. The minimum Gasteiger partial charge on any atom is -0.322 e. The zero-order valence-corrected chi connectivity index (χ0v) is 14.5. The molecule has 0 radical (unpaired) electrons. The van der Waals surface area contributed by atoms with E-state index in [2.05, 4.69) is 45.1 Å².